The second-order valence-corrected chi connectivity index (χ2v) is 3.49. The number of rotatable bonds is 1. The maximum Gasteiger partial charge on any atom is 0.0783 e. The Hall–Kier alpha value is -0.300. The van der Waals surface area contributed by atoms with Crippen LogP contribution >= 0.6 is 0 Å². The largest absolute Gasteiger partial charge is 0.374 e. The van der Waals surface area contributed by atoms with E-state index in [0.717, 1.165) is 12.5 Å². The van der Waals surface area contributed by atoms with Gasteiger partial charge in [-0.05, 0) is 25.2 Å². The van der Waals surface area contributed by atoms with Crippen molar-refractivity contribution in [2.75, 3.05) is 6.61 Å². The van der Waals surface area contributed by atoms with Crippen molar-refractivity contribution in [3.8, 4) is 0 Å². The summed E-state index contributed by atoms with van der Waals surface area (Å²) in [6, 6.07) is 0. The van der Waals surface area contributed by atoms with E-state index >= 15 is 0 Å². The SMILES string of the molecule is C/C=C/C1OCCC(C)C1C. The Morgan fingerprint density at radius 3 is 2.73 bits per heavy atom. The van der Waals surface area contributed by atoms with Gasteiger partial charge in [-0.3, -0.25) is 0 Å². The van der Waals surface area contributed by atoms with Gasteiger partial charge in [0.15, 0.2) is 0 Å². The third-order valence-electron chi connectivity index (χ3n) is 2.68. The van der Waals surface area contributed by atoms with Gasteiger partial charge in [-0.1, -0.05) is 26.0 Å². The van der Waals surface area contributed by atoms with Crippen LogP contribution in [0.15, 0.2) is 12.2 Å². The van der Waals surface area contributed by atoms with Crippen molar-refractivity contribution in [1.82, 2.24) is 0 Å². The zero-order chi connectivity index (χ0) is 8.27. The number of ether oxygens (including phenoxy) is 1. The summed E-state index contributed by atoms with van der Waals surface area (Å²) in [6.07, 6.45) is 5.83. The van der Waals surface area contributed by atoms with Crippen molar-refractivity contribution in [2.24, 2.45) is 11.8 Å². The molecule has 1 saturated heterocycles. The summed E-state index contributed by atoms with van der Waals surface area (Å²) in [6.45, 7) is 7.56. The summed E-state index contributed by atoms with van der Waals surface area (Å²) in [4.78, 5) is 0. The fraction of sp³-hybridized carbons (Fsp3) is 0.800. The molecule has 1 fully saturated rings. The molecule has 3 unspecified atom stereocenters. The Morgan fingerprint density at radius 1 is 1.36 bits per heavy atom. The molecule has 1 aliphatic heterocycles. The molecule has 0 spiro atoms. The highest BCUT2D eigenvalue weighted by molar-refractivity contribution is 4.92. The highest BCUT2D eigenvalue weighted by Gasteiger charge is 2.25. The molecule has 11 heavy (non-hydrogen) atoms. The molecule has 1 heteroatoms. The second kappa shape index (κ2) is 3.91. The second-order valence-electron chi connectivity index (χ2n) is 3.49. The number of allylic oxidation sites excluding steroid dienone is 1. The molecule has 0 aromatic carbocycles. The molecule has 0 amide bonds. The lowest BCUT2D eigenvalue weighted by Gasteiger charge is -2.32. The molecule has 1 aliphatic rings. The van der Waals surface area contributed by atoms with Crippen LogP contribution in [0.1, 0.15) is 27.2 Å². The minimum absolute atomic E-state index is 0.365. The van der Waals surface area contributed by atoms with Gasteiger partial charge in [0, 0.05) is 6.61 Å². The Kier molecular flexibility index (Phi) is 3.13. The van der Waals surface area contributed by atoms with Crippen LogP contribution in [0.25, 0.3) is 0 Å². The summed E-state index contributed by atoms with van der Waals surface area (Å²) >= 11 is 0. The Bertz CT molecular complexity index is 140. The summed E-state index contributed by atoms with van der Waals surface area (Å²) < 4.78 is 5.61. The lowest BCUT2D eigenvalue weighted by atomic mass is 9.86. The smallest absolute Gasteiger partial charge is 0.0783 e. The highest BCUT2D eigenvalue weighted by Crippen LogP contribution is 2.26. The zero-order valence-corrected chi connectivity index (χ0v) is 7.71. The van der Waals surface area contributed by atoms with Crippen LogP contribution in [-0.4, -0.2) is 12.7 Å². The standard InChI is InChI=1S/C10H18O/c1-4-5-10-9(3)8(2)6-7-11-10/h4-5,8-10H,6-7H2,1-3H3/b5-4+. The molecule has 64 valence electrons. The summed E-state index contributed by atoms with van der Waals surface area (Å²) in [5.41, 5.74) is 0. The number of hydrogen-bond acceptors (Lipinski definition) is 1. The molecule has 0 N–H and O–H groups in total. The fourth-order valence-electron chi connectivity index (χ4n) is 1.55. The summed E-state index contributed by atoms with van der Waals surface area (Å²) in [5, 5.41) is 0. The molecule has 0 aliphatic carbocycles. The predicted molar refractivity (Wildman–Crippen MR) is 47.5 cm³/mol. The average molecular weight is 154 g/mol. The fourth-order valence-corrected chi connectivity index (χ4v) is 1.55. The van der Waals surface area contributed by atoms with Gasteiger partial charge in [0.2, 0.25) is 0 Å². The topological polar surface area (TPSA) is 9.23 Å². The number of hydrogen-bond donors (Lipinski definition) is 0. The van der Waals surface area contributed by atoms with Crippen LogP contribution in [-0.2, 0) is 4.74 Å². The van der Waals surface area contributed by atoms with Crippen LogP contribution in [0.4, 0.5) is 0 Å². The van der Waals surface area contributed by atoms with E-state index in [1.165, 1.54) is 6.42 Å². The molecule has 1 rings (SSSR count). The first-order chi connectivity index (χ1) is 5.25. The van der Waals surface area contributed by atoms with E-state index in [0.29, 0.717) is 12.0 Å². The zero-order valence-electron chi connectivity index (χ0n) is 7.71. The monoisotopic (exact) mass is 154 g/mol. The van der Waals surface area contributed by atoms with E-state index in [2.05, 4.69) is 32.9 Å². The molecule has 0 aromatic rings. The van der Waals surface area contributed by atoms with Crippen molar-refractivity contribution >= 4 is 0 Å². The van der Waals surface area contributed by atoms with E-state index in [9.17, 15) is 0 Å². The minimum Gasteiger partial charge on any atom is -0.374 e. The van der Waals surface area contributed by atoms with E-state index in [1.54, 1.807) is 0 Å². The Balaban J connectivity index is 2.51. The maximum atomic E-state index is 5.61. The van der Waals surface area contributed by atoms with Gasteiger partial charge in [-0.15, -0.1) is 0 Å². The molecule has 3 atom stereocenters. The summed E-state index contributed by atoms with van der Waals surface area (Å²) in [7, 11) is 0. The van der Waals surface area contributed by atoms with E-state index in [1.807, 2.05) is 0 Å². The van der Waals surface area contributed by atoms with Gasteiger partial charge >= 0.3 is 0 Å². The quantitative estimate of drug-likeness (QED) is 0.527. The van der Waals surface area contributed by atoms with Crippen LogP contribution in [0.2, 0.25) is 0 Å². The summed E-state index contributed by atoms with van der Waals surface area (Å²) in [5.74, 6) is 1.49. The molecule has 1 nitrogen and oxygen atoms in total. The molecular weight excluding hydrogens is 136 g/mol. The van der Waals surface area contributed by atoms with Crippen molar-refractivity contribution < 1.29 is 4.74 Å². The van der Waals surface area contributed by atoms with Gasteiger partial charge in [-0.2, -0.15) is 0 Å². The maximum absolute atomic E-state index is 5.61. The van der Waals surface area contributed by atoms with E-state index in [4.69, 9.17) is 4.74 Å². The van der Waals surface area contributed by atoms with Crippen LogP contribution in [0.3, 0.4) is 0 Å². The van der Waals surface area contributed by atoms with Crippen LogP contribution in [0, 0.1) is 11.8 Å². The van der Waals surface area contributed by atoms with Crippen molar-refractivity contribution in [3.05, 3.63) is 12.2 Å². The Morgan fingerprint density at radius 2 is 2.09 bits per heavy atom. The van der Waals surface area contributed by atoms with Crippen molar-refractivity contribution in [1.29, 1.82) is 0 Å². The average Bonchev–Trinajstić information content (AvgIpc) is 1.99. The van der Waals surface area contributed by atoms with Crippen LogP contribution < -0.4 is 0 Å². The molecule has 0 aromatic heterocycles. The van der Waals surface area contributed by atoms with Gasteiger partial charge in [0.25, 0.3) is 0 Å². The molecule has 1 heterocycles. The third-order valence-corrected chi connectivity index (χ3v) is 2.68. The first-order valence-electron chi connectivity index (χ1n) is 4.50. The predicted octanol–water partition coefficient (Wildman–Crippen LogP) is 2.62. The van der Waals surface area contributed by atoms with E-state index in [-0.39, 0.29) is 0 Å². The normalized spacial score (nSPS) is 39.7. The third kappa shape index (κ3) is 2.06. The van der Waals surface area contributed by atoms with Crippen molar-refractivity contribution in [2.45, 2.75) is 33.3 Å². The first kappa shape index (κ1) is 8.79. The molecule has 0 bridgehead atoms. The minimum atomic E-state index is 0.365. The van der Waals surface area contributed by atoms with Gasteiger partial charge in [-0.25, -0.2) is 0 Å². The molecule has 0 radical (unpaired) electrons. The van der Waals surface area contributed by atoms with Crippen molar-refractivity contribution in [3.63, 3.8) is 0 Å². The Labute approximate surface area is 69.4 Å². The molecule has 0 saturated carbocycles. The van der Waals surface area contributed by atoms with Gasteiger partial charge in [0.05, 0.1) is 6.10 Å². The molecular formula is C10H18O. The first-order valence-corrected chi connectivity index (χ1v) is 4.50. The highest BCUT2D eigenvalue weighted by atomic mass is 16.5. The van der Waals surface area contributed by atoms with E-state index < -0.39 is 0 Å². The van der Waals surface area contributed by atoms with Gasteiger partial charge < -0.3 is 4.74 Å². The van der Waals surface area contributed by atoms with Crippen LogP contribution in [0.5, 0.6) is 0 Å². The van der Waals surface area contributed by atoms with Gasteiger partial charge in [0.1, 0.15) is 0 Å². The lowest BCUT2D eigenvalue weighted by molar-refractivity contribution is -0.0177. The lowest BCUT2D eigenvalue weighted by Crippen LogP contribution is -2.31.